The summed E-state index contributed by atoms with van der Waals surface area (Å²) < 4.78 is 1.18. The zero-order valence-corrected chi connectivity index (χ0v) is 9.52. The van der Waals surface area contributed by atoms with Crippen LogP contribution in [-0.4, -0.2) is 11.1 Å². The van der Waals surface area contributed by atoms with E-state index in [1.807, 2.05) is 19.9 Å². The summed E-state index contributed by atoms with van der Waals surface area (Å²) in [5, 5.41) is 12.1. The van der Waals surface area contributed by atoms with Gasteiger partial charge in [0, 0.05) is 4.70 Å². The summed E-state index contributed by atoms with van der Waals surface area (Å²) in [5.74, 6) is -0.767. The van der Waals surface area contributed by atoms with Gasteiger partial charge in [-0.05, 0) is 47.4 Å². The molecule has 0 fully saturated rings. The van der Waals surface area contributed by atoms with Gasteiger partial charge in [0.05, 0.1) is 6.42 Å². The number of aryl methyl sites for hydroxylation is 2. The van der Waals surface area contributed by atoms with Crippen LogP contribution in [0.15, 0.2) is 17.5 Å². The van der Waals surface area contributed by atoms with Crippen molar-refractivity contribution in [2.24, 2.45) is 0 Å². The van der Waals surface area contributed by atoms with Crippen molar-refractivity contribution in [2.45, 2.75) is 20.3 Å². The van der Waals surface area contributed by atoms with Crippen LogP contribution in [0.1, 0.15) is 16.7 Å². The Kier molecular flexibility index (Phi) is 2.49. The number of carboxylic acid groups (broad SMARTS) is 1. The van der Waals surface area contributed by atoms with Crippen LogP contribution in [-0.2, 0) is 11.2 Å². The molecule has 0 amide bonds. The largest absolute Gasteiger partial charge is 0.481 e. The third-order valence-electron chi connectivity index (χ3n) is 2.59. The molecule has 15 heavy (non-hydrogen) atoms. The Labute approximate surface area is 92.2 Å². The Hall–Kier alpha value is -1.35. The molecule has 1 heterocycles. The molecule has 1 aromatic carbocycles. The molecule has 1 N–H and O–H groups in total. The molecule has 0 radical (unpaired) electrons. The topological polar surface area (TPSA) is 37.3 Å². The molecular weight excluding hydrogens is 208 g/mol. The van der Waals surface area contributed by atoms with Crippen LogP contribution in [0.2, 0.25) is 0 Å². The van der Waals surface area contributed by atoms with Crippen molar-refractivity contribution < 1.29 is 9.90 Å². The number of hydrogen-bond donors (Lipinski definition) is 1. The van der Waals surface area contributed by atoms with E-state index in [-0.39, 0.29) is 6.42 Å². The van der Waals surface area contributed by atoms with E-state index in [9.17, 15) is 4.79 Å². The van der Waals surface area contributed by atoms with Crippen LogP contribution in [0, 0.1) is 13.8 Å². The van der Waals surface area contributed by atoms with Gasteiger partial charge in [-0.2, -0.15) is 0 Å². The van der Waals surface area contributed by atoms with Gasteiger partial charge in [-0.25, -0.2) is 0 Å². The van der Waals surface area contributed by atoms with E-state index in [2.05, 4.69) is 11.4 Å². The van der Waals surface area contributed by atoms with Crippen molar-refractivity contribution in [2.75, 3.05) is 0 Å². The fourth-order valence-corrected chi connectivity index (χ4v) is 2.82. The number of carbonyl (C=O) groups is 1. The zero-order valence-electron chi connectivity index (χ0n) is 8.70. The Balaban J connectivity index is 2.72. The number of rotatable bonds is 2. The van der Waals surface area contributed by atoms with Crippen molar-refractivity contribution >= 4 is 27.4 Å². The Bertz CT molecular complexity index is 526. The normalized spacial score (nSPS) is 10.8. The lowest BCUT2D eigenvalue weighted by atomic mass is 9.99. The first-order valence-electron chi connectivity index (χ1n) is 4.77. The predicted octanol–water partition coefficient (Wildman–Crippen LogP) is 3.15. The van der Waals surface area contributed by atoms with Gasteiger partial charge in [0.1, 0.15) is 0 Å². The summed E-state index contributed by atoms with van der Waals surface area (Å²) >= 11 is 1.67. The summed E-state index contributed by atoms with van der Waals surface area (Å²) in [6.45, 7) is 4.00. The van der Waals surface area contributed by atoms with Gasteiger partial charge in [0.15, 0.2) is 0 Å². The number of carboxylic acids is 1. The highest BCUT2D eigenvalue weighted by molar-refractivity contribution is 7.17. The minimum Gasteiger partial charge on any atom is -0.481 e. The number of hydrogen-bond acceptors (Lipinski definition) is 2. The fraction of sp³-hybridized carbons (Fsp3) is 0.250. The van der Waals surface area contributed by atoms with Gasteiger partial charge in [0.2, 0.25) is 0 Å². The summed E-state index contributed by atoms with van der Waals surface area (Å²) in [6.07, 6.45) is 0.112. The minimum atomic E-state index is -0.767. The van der Waals surface area contributed by atoms with E-state index in [0.29, 0.717) is 0 Å². The second kappa shape index (κ2) is 3.66. The second-order valence-corrected chi connectivity index (χ2v) is 4.63. The molecule has 0 aliphatic carbocycles. The summed E-state index contributed by atoms with van der Waals surface area (Å²) in [7, 11) is 0. The van der Waals surface area contributed by atoms with E-state index in [0.717, 1.165) is 16.5 Å². The van der Waals surface area contributed by atoms with E-state index in [1.165, 1.54) is 10.3 Å². The van der Waals surface area contributed by atoms with Crippen LogP contribution in [0.4, 0.5) is 0 Å². The highest BCUT2D eigenvalue weighted by Crippen LogP contribution is 2.30. The zero-order chi connectivity index (χ0) is 11.0. The first-order chi connectivity index (χ1) is 7.09. The molecule has 2 aromatic rings. The number of fused-ring (bicyclic) bond motifs is 1. The lowest BCUT2D eigenvalue weighted by Gasteiger charge is -2.06. The number of thiophene rings is 1. The molecular formula is C12H12O2S. The SMILES string of the molecule is Cc1ccc2scc(C)c2c1CC(=O)O. The van der Waals surface area contributed by atoms with Crippen molar-refractivity contribution in [1.82, 2.24) is 0 Å². The molecule has 1 aromatic heterocycles. The molecule has 0 bridgehead atoms. The van der Waals surface area contributed by atoms with Gasteiger partial charge >= 0.3 is 5.97 Å². The minimum absolute atomic E-state index is 0.112. The molecule has 0 unspecified atom stereocenters. The van der Waals surface area contributed by atoms with Crippen LogP contribution < -0.4 is 0 Å². The van der Waals surface area contributed by atoms with Crippen molar-refractivity contribution in [1.29, 1.82) is 0 Å². The lowest BCUT2D eigenvalue weighted by molar-refractivity contribution is -0.136. The first kappa shape index (κ1) is 10.2. The lowest BCUT2D eigenvalue weighted by Crippen LogP contribution is -2.02. The molecule has 0 aliphatic rings. The summed E-state index contributed by atoms with van der Waals surface area (Å²) in [5.41, 5.74) is 3.19. The molecule has 2 rings (SSSR count). The first-order valence-corrected chi connectivity index (χ1v) is 5.65. The molecule has 2 nitrogen and oxygen atoms in total. The molecule has 0 saturated heterocycles. The van der Waals surface area contributed by atoms with Crippen molar-refractivity contribution in [3.63, 3.8) is 0 Å². The Morgan fingerprint density at radius 2 is 2.07 bits per heavy atom. The highest BCUT2D eigenvalue weighted by atomic mass is 32.1. The van der Waals surface area contributed by atoms with Crippen LogP contribution >= 0.6 is 11.3 Å². The molecule has 0 saturated carbocycles. The third kappa shape index (κ3) is 1.75. The molecule has 0 aliphatic heterocycles. The van der Waals surface area contributed by atoms with E-state index >= 15 is 0 Å². The molecule has 0 atom stereocenters. The van der Waals surface area contributed by atoms with E-state index < -0.39 is 5.97 Å². The smallest absolute Gasteiger partial charge is 0.307 e. The fourth-order valence-electron chi connectivity index (χ4n) is 1.85. The monoisotopic (exact) mass is 220 g/mol. The average Bonchev–Trinajstić information content (AvgIpc) is 2.52. The van der Waals surface area contributed by atoms with E-state index in [1.54, 1.807) is 11.3 Å². The molecule has 3 heteroatoms. The second-order valence-electron chi connectivity index (χ2n) is 3.72. The standard InChI is InChI=1S/C12H12O2S/c1-7-3-4-10-12(8(2)6-15-10)9(7)5-11(13)14/h3-4,6H,5H2,1-2H3,(H,13,14). The maximum atomic E-state index is 10.8. The number of aliphatic carboxylic acids is 1. The predicted molar refractivity (Wildman–Crippen MR) is 62.6 cm³/mol. The summed E-state index contributed by atoms with van der Waals surface area (Å²) in [6, 6.07) is 4.06. The quantitative estimate of drug-likeness (QED) is 0.844. The highest BCUT2D eigenvalue weighted by Gasteiger charge is 2.11. The van der Waals surface area contributed by atoms with E-state index in [4.69, 9.17) is 5.11 Å². The maximum absolute atomic E-state index is 10.8. The number of benzene rings is 1. The van der Waals surface area contributed by atoms with Gasteiger partial charge in [-0.15, -0.1) is 11.3 Å². The third-order valence-corrected chi connectivity index (χ3v) is 3.66. The molecule has 0 spiro atoms. The Morgan fingerprint density at radius 3 is 2.73 bits per heavy atom. The van der Waals surface area contributed by atoms with Gasteiger partial charge in [-0.3, -0.25) is 4.79 Å². The van der Waals surface area contributed by atoms with Gasteiger partial charge in [0.25, 0.3) is 0 Å². The van der Waals surface area contributed by atoms with Crippen LogP contribution in [0.3, 0.4) is 0 Å². The Morgan fingerprint density at radius 1 is 1.33 bits per heavy atom. The van der Waals surface area contributed by atoms with Crippen molar-refractivity contribution in [3.8, 4) is 0 Å². The van der Waals surface area contributed by atoms with Gasteiger partial charge < -0.3 is 5.11 Å². The van der Waals surface area contributed by atoms with Gasteiger partial charge in [-0.1, -0.05) is 6.07 Å². The van der Waals surface area contributed by atoms with Crippen molar-refractivity contribution in [3.05, 3.63) is 34.2 Å². The van der Waals surface area contributed by atoms with Crippen LogP contribution in [0.25, 0.3) is 10.1 Å². The van der Waals surface area contributed by atoms with Crippen LogP contribution in [0.5, 0.6) is 0 Å². The average molecular weight is 220 g/mol. The summed E-state index contributed by atoms with van der Waals surface area (Å²) in [4.78, 5) is 10.8. The molecule has 78 valence electrons. The maximum Gasteiger partial charge on any atom is 0.307 e.